The van der Waals surface area contributed by atoms with Gasteiger partial charge in [0, 0.05) is 19.0 Å². The van der Waals surface area contributed by atoms with Gasteiger partial charge in [0.05, 0.1) is 10.7 Å². The maximum Gasteiger partial charge on any atom is 0.410 e. The van der Waals surface area contributed by atoms with Gasteiger partial charge < -0.3 is 15.0 Å². The zero-order valence-corrected chi connectivity index (χ0v) is 17.8. The number of nitrogens with one attached hydrogen (secondary N) is 3. The van der Waals surface area contributed by atoms with Crippen LogP contribution < -0.4 is 16.2 Å². The third-order valence-corrected chi connectivity index (χ3v) is 5.28. The predicted octanol–water partition coefficient (Wildman–Crippen LogP) is 3.71. The normalized spacial score (nSPS) is 14.0. The van der Waals surface area contributed by atoms with Crippen molar-refractivity contribution in [1.82, 2.24) is 15.8 Å². The lowest BCUT2D eigenvalue weighted by molar-refractivity contribution is -0.126. The van der Waals surface area contributed by atoms with E-state index in [0.29, 0.717) is 36.6 Å². The minimum absolute atomic E-state index is 0.171. The highest BCUT2D eigenvalue weighted by atomic mass is 35.5. The van der Waals surface area contributed by atoms with Crippen LogP contribution in [0, 0.1) is 5.92 Å². The molecule has 2 aromatic rings. The number of halogens is 1. The Morgan fingerprint density at radius 2 is 1.70 bits per heavy atom. The van der Waals surface area contributed by atoms with E-state index in [9.17, 15) is 9.59 Å². The van der Waals surface area contributed by atoms with E-state index in [1.54, 1.807) is 17.0 Å². The number of carbonyl (C=O) groups excluding carboxylic acids is 2. The number of para-hydroxylation sites is 1. The number of hydrogen-bond acceptors (Lipinski definition) is 4. The van der Waals surface area contributed by atoms with Gasteiger partial charge in [0.1, 0.15) is 6.61 Å². The number of thiocarbonyl (C=S) groups is 1. The summed E-state index contributed by atoms with van der Waals surface area (Å²) in [7, 11) is 0. The molecule has 0 unspecified atom stereocenters. The number of rotatable bonds is 4. The molecule has 1 aliphatic heterocycles. The molecule has 0 saturated carbocycles. The Morgan fingerprint density at radius 1 is 1.03 bits per heavy atom. The Labute approximate surface area is 185 Å². The van der Waals surface area contributed by atoms with E-state index in [-0.39, 0.29) is 29.6 Å². The molecule has 3 rings (SSSR count). The van der Waals surface area contributed by atoms with Crippen molar-refractivity contribution in [2.24, 2.45) is 5.92 Å². The minimum Gasteiger partial charge on any atom is -0.445 e. The van der Waals surface area contributed by atoms with Crippen LogP contribution in [-0.4, -0.2) is 35.1 Å². The molecular weight excluding hydrogens is 424 g/mol. The van der Waals surface area contributed by atoms with Crippen molar-refractivity contribution in [3.8, 4) is 0 Å². The molecule has 7 nitrogen and oxygen atoms in total. The van der Waals surface area contributed by atoms with Crippen LogP contribution in [0.2, 0.25) is 5.02 Å². The molecule has 0 aromatic heterocycles. The summed E-state index contributed by atoms with van der Waals surface area (Å²) in [5.41, 5.74) is 6.88. The number of hydrazine groups is 1. The standard InChI is InChI=1S/C21H23ClN4O3S/c22-17-8-4-5-9-18(17)23-20(30)25-24-19(27)16-10-12-26(13-11-16)21(28)29-14-15-6-2-1-3-7-15/h1-9,16H,10-14H2,(H,24,27)(H2,23,25,30). The van der Waals surface area contributed by atoms with Gasteiger partial charge in [-0.25, -0.2) is 4.79 Å². The second-order valence-electron chi connectivity index (χ2n) is 6.85. The Bertz CT molecular complexity index is 889. The van der Waals surface area contributed by atoms with Crippen molar-refractivity contribution < 1.29 is 14.3 Å². The summed E-state index contributed by atoms with van der Waals surface area (Å²) in [6.07, 6.45) is 0.748. The summed E-state index contributed by atoms with van der Waals surface area (Å²) >= 11 is 11.2. The molecule has 0 radical (unpaired) electrons. The first-order valence-corrected chi connectivity index (χ1v) is 10.4. The zero-order chi connectivity index (χ0) is 21.3. The number of benzene rings is 2. The third kappa shape index (κ3) is 6.33. The summed E-state index contributed by atoms with van der Waals surface area (Å²) < 4.78 is 5.35. The van der Waals surface area contributed by atoms with Gasteiger partial charge in [-0.05, 0) is 42.8 Å². The van der Waals surface area contributed by atoms with Crippen molar-refractivity contribution in [1.29, 1.82) is 0 Å². The lowest BCUT2D eigenvalue weighted by Crippen LogP contribution is -2.49. The Kier molecular flexibility index (Phi) is 7.87. The van der Waals surface area contributed by atoms with Crippen molar-refractivity contribution in [3.05, 3.63) is 65.2 Å². The van der Waals surface area contributed by atoms with Gasteiger partial charge >= 0.3 is 6.09 Å². The van der Waals surface area contributed by atoms with Gasteiger partial charge in [0.2, 0.25) is 5.91 Å². The summed E-state index contributed by atoms with van der Waals surface area (Å²) in [5, 5.41) is 3.68. The molecular formula is C21H23ClN4O3S. The smallest absolute Gasteiger partial charge is 0.410 e. The largest absolute Gasteiger partial charge is 0.445 e. The fourth-order valence-corrected chi connectivity index (χ4v) is 3.42. The molecule has 1 fully saturated rings. The highest BCUT2D eigenvalue weighted by Crippen LogP contribution is 2.20. The van der Waals surface area contributed by atoms with E-state index in [0.717, 1.165) is 5.56 Å². The van der Waals surface area contributed by atoms with E-state index in [1.807, 2.05) is 42.5 Å². The summed E-state index contributed by atoms with van der Waals surface area (Å²) in [6, 6.07) is 16.7. The Morgan fingerprint density at radius 3 is 2.40 bits per heavy atom. The molecule has 3 N–H and O–H groups in total. The van der Waals surface area contributed by atoms with Gasteiger partial charge in [-0.3, -0.25) is 15.6 Å². The molecule has 1 heterocycles. The number of nitrogens with zero attached hydrogens (tertiary/aromatic N) is 1. The predicted molar refractivity (Wildman–Crippen MR) is 120 cm³/mol. The number of hydrogen-bond donors (Lipinski definition) is 3. The number of ether oxygens (including phenoxy) is 1. The molecule has 0 bridgehead atoms. The molecule has 158 valence electrons. The summed E-state index contributed by atoms with van der Waals surface area (Å²) in [5.74, 6) is -0.380. The monoisotopic (exact) mass is 446 g/mol. The maximum atomic E-state index is 12.4. The maximum absolute atomic E-state index is 12.4. The zero-order valence-electron chi connectivity index (χ0n) is 16.3. The lowest BCUT2D eigenvalue weighted by Gasteiger charge is -2.30. The quantitative estimate of drug-likeness (QED) is 0.490. The fourth-order valence-electron chi connectivity index (χ4n) is 3.07. The molecule has 0 spiro atoms. The molecule has 1 saturated heterocycles. The molecule has 30 heavy (non-hydrogen) atoms. The molecule has 2 aromatic carbocycles. The second kappa shape index (κ2) is 10.8. The topological polar surface area (TPSA) is 82.7 Å². The highest BCUT2D eigenvalue weighted by Gasteiger charge is 2.28. The van der Waals surface area contributed by atoms with Crippen LogP contribution in [0.5, 0.6) is 0 Å². The Hall–Kier alpha value is -2.84. The van der Waals surface area contributed by atoms with Crippen molar-refractivity contribution in [2.45, 2.75) is 19.4 Å². The van der Waals surface area contributed by atoms with E-state index < -0.39 is 0 Å². The van der Waals surface area contributed by atoms with Crippen molar-refractivity contribution in [2.75, 3.05) is 18.4 Å². The number of anilines is 1. The first kappa shape index (κ1) is 21.9. The number of amides is 2. The SMILES string of the molecule is O=C(NNC(=S)Nc1ccccc1Cl)C1CCN(C(=O)OCc2ccccc2)CC1. The van der Waals surface area contributed by atoms with Crippen LogP contribution >= 0.6 is 23.8 Å². The van der Waals surface area contributed by atoms with Crippen molar-refractivity contribution >= 4 is 46.6 Å². The molecule has 2 amide bonds. The average molecular weight is 447 g/mol. The molecule has 1 aliphatic rings. The fraction of sp³-hybridized carbons (Fsp3) is 0.286. The first-order chi connectivity index (χ1) is 14.5. The molecule has 9 heteroatoms. The molecule has 0 aliphatic carbocycles. The van der Waals surface area contributed by atoms with Crippen LogP contribution in [0.3, 0.4) is 0 Å². The van der Waals surface area contributed by atoms with Gasteiger partial charge in [0.25, 0.3) is 0 Å². The van der Waals surface area contributed by atoms with E-state index in [4.69, 9.17) is 28.6 Å². The van der Waals surface area contributed by atoms with Gasteiger partial charge in [-0.1, -0.05) is 54.1 Å². The Balaban J connectivity index is 1.37. The lowest BCUT2D eigenvalue weighted by atomic mass is 9.96. The van der Waals surface area contributed by atoms with Gasteiger partial charge in [-0.15, -0.1) is 0 Å². The minimum atomic E-state index is -0.360. The van der Waals surface area contributed by atoms with E-state index in [2.05, 4.69) is 16.2 Å². The van der Waals surface area contributed by atoms with Crippen LogP contribution in [0.1, 0.15) is 18.4 Å². The highest BCUT2D eigenvalue weighted by molar-refractivity contribution is 7.80. The van der Waals surface area contributed by atoms with E-state index in [1.165, 1.54) is 0 Å². The first-order valence-electron chi connectivity index (χ1n) is 9.60. The summed E-state index contributed by atoms with van der Waals surface area (Å²) in [4.78, 5) is 26.2. The van der Waals surface area contributed by atoms with E-state index >= 15 is 0 Å². The van der Waals surface area contributed by atoms with Crippen molar-refractivity contribution in [3.63, 3.8) is 0 Å². The second-order valence-corrected chi connectivity index (χ2v) is 7.67. The third-order valence-electron chi connectivity index (χ3n) is 4.75. The van der Waals surface area contributed by atoms with Crippen LogP contribution in [0.4, 0.5) is 10.5 Å². The molecule has 0 atom stereocenters. The summed E-state index contributed by atoms with van der Waals surface area (Å²) in [6.45, 7) is 1.17. The number of piperidine rings is 1. The van der Waals surface area contributed by atoms with Crippen LogP contribution in [0.25, 0.3) is 0 Å². The number of carbonyl (C=O) groups is 2. The van der Waals surface area contributed by atoms with Crippen LogP contribution in [-0.2, 0) is 16.1 Å². The van der Waals surface area contributed by atoms with Gasteiger partial charge in [-0.2, -0.15) is 0 Å². The van der Waals surface area contributed by atoms with Gasteiger partial charge in [0.15, 0.2) is 5.11 Å². The van der Waals surface area contributed by atoms with Crippen LogP contribution in [0.15, 0.2) is 54.6 Å². The average Bonchev–Trinajstić information content (AvgIpc) is 2.78. The number of likely N-dealkylation sites (tertiary alicyclic amines) is 1.